The van der Waals surface area contributed by atoms with Gasteiger partial charge < -0.3 is 4.57 Å². The van der Waals surface area contributed by atoms with Gasteiger partial charge in [-0.1, -0.05) is 17.7 Å². The van der Waals surface area contributed by atoms with E-state index in [-0.39, 0.29) is 0 Å². The molecule has 0 unspecified atom stereocenters. The van der Waals surface area contributed by atoms with Gasteiger partial charge in [-0.25, -0.2) is 9.97 Å². The van der Waals surface area contributed by atoms with Crippen LogP contribution in [0.2, 0.25) is 5.15 Å². The molecule has 2 aromatic rings. The summed E-state index contributed by atoms with van der Waals surface area (Å²) in [6.45, 7) is 0.776. The van der Waals surface area contributed by atoms with E-state index >= 15 is 0 Å². The van der Waals surface area contributed by atoms with Crippen LogP contribution in [-0.2, 0) is 6.54 Å². The van der Waals surface area contributed by atoms with Gasteiger partial charge in [0.1, 0.15) is 12.6 Å². The monoisotopic (exact) mass is 445 g/mol. The lowest BCUT2D eigenvalue weighted by molar-refractivity contribution is 0.774. The Morgan fingerprint density at radius 1 is 1.27 bits per heavy atom. The van der Waals surface area contributed by atoms with Crippen molar-refractivity contribution in [3.63, 3.8) is 0 Å². The highest BCUT2D eigenvalue weighted by Gasteiger charge is 2.05. The van der Waals surface area contributed by atoms with Gasteiger partial charge in [0.25, 0.3) is 0 Å². The Morgan fingerprint density at radius 3 is 2.60 bits per heavy atom. The van der Waals surface area contributed by atoms with Crippen molar-refractivity contribution in [1.82, 2.24) is 14.5 Å². The predicted molar refractivity (Wildman–Crippen MR) is 76.0 cm³/mol. The lowest BCUT2D eigenvalue weighted by Crippen LogP contribution is -2.00. The van der Waals surface area contributed by atoms with Gasteiger partial charge in [-0.15, -0.1) is 0 Å². The van der Waals surface area contributed by atoms with Crippen LogP contribution in [0.25, 0.3) is 0 Å². The van der Waals surface area contributed by atoms with E-state index in [0.717, 1.165) is 19.5 Å². The van der Waals surface area contributed by atoms with E-state index in [1.54, 1.807) is 12.3 Å². The molecule has 2 aromatic heterocycles. The second kappa shape index (κ2) is 4.96. The predicted octanol–water partition coefficient (Wildman–Crippen LogP) is 3.19. The summed E-state index contributed by atoms with van der Waals surface area (Å²) in [4.78, 5) is 8.26. The molecule has 0 saturated carbocycles. The van der Waals surface area contributed by atoms with Gasteiger partial charge in [0.05, 0.1) is 12.9 Å². The Kier molecular flexibility index (Phi) is 3.83. The van der Waals surface area contributed by atoms with Crippen LogP contribution in [0.5, 0.6) is 0 Å². The molecule has 0 N–H and O–H groups in total. The second-order valence-electron chi connectivity index (χ2n) is 2.94. The molecule has 0 bridgehead atoms. The summed E-state index contributed by atoms with van der Waals surface area (Å²) < 4.78 is 4.24. The van der Waals surface area contributed by atoms with E-state index in [0.29, 0.717) is 5.15 Å². The lowest BCUT2D eigenvalue weighted by Gasteiger charge is -2.03. The molecule has 78 valence electrons. The quantitative estimate of drug-likeness (QED) is 0.525. The molecular formula is C9H6ClI2N3. The molecule has 3 nitrogen and oxygen atoms in total. The van der Waals surface area contributed by atoms with Crippen molar-refractivity contribution in [2.45, 2.75) is 6.54 Å². The SMILES string of the molecule is Clc1ccc(Cn2cnc(I)c2I)cn1. The van der Waals surface area contributed by atoms with E-state index in [1.165, 1.54) is 0 Å². The van der Waals surface area contributed by atoms with E-state index < -0.39 is 0 Å². The van der Waals surface area contributed by atoms with Gasteiger partial charge in [0.2, 0.25) is 0 Å². The zero-order valence-electron chi connectivity index (χ0n) is 7.49. The molecule has 2 heterocycles. The first kappa shape index (κ1) is 11.6. The maximum Gasteiger partial charge on any atom is 0.132 e. The van der Waals surface area contributed by atoms with E-state index in [2.05, 4.69) is 59.7 Å². The number of rotatable bonds is 2. The summed E-state index contributed by atoms with van der Waals surface area (Å²) >= 11 is 10.2. The molecule has 0 atom stereocenters. The minimum absolute atomic E-state index is 0.522. The highest BCUT2D eigenvalue weighted by molar-refractivity contribution is 14.1. The second-order valence-corrected chi connectivity index (χ2v) is 5.37. The summed E-state index contributed by atoms with van der Waals surface area (Å²) in [5.41, 5.74) is 1.12. The van der Waals surface area contributed by atoms with Crippen LogP contribution in [0.3, 0.4) is 0 Å². The Hall–Kier alpha value is 0.110. The summed E-state index contributed by atoms with van der Waals surface area (Å²) in [6.07, 6.45) is 3.61. The topological polar surface area (TPSA) is 30.7 Å². The molecule has 6 heteroatoms. The highest BCUT2D eigenvalue weighted by atomic mass is 127. The van der Waals surface area contributed by atoms with Gasteiger partial charge in [0.15, 0.2) is 0 Å². The Bertz CT molecular complexity index is 467. The Balaban J connectivity index is 2.22. The third kappa shape index (κ3) is 2.82. The van der Waals surface area contributed by atoms with Crippen LogP contribution in [-0.4, -0.2) is 14.5 Å². The fourth-order valence-electron chi connectivity index (χ4n) is 1.15. The number of hydrogen-bond acceptors (Lipinski definition) is 2. The zero-order valence-corrected chi connectivity index (χ0v) is 12.6. The molecule has 0 aliphatic rings. The number of halogens is 3. The molecule has 15 heavy (non-hydrogen) atoms. The van der Waals surface area contributed by atoms with Crippen LogP contribution < -0.4 is 0 Å². The van der Waals surface area contributed by atoms with E-state index in [9.17, 15) is 0 Å². The van der Waals surface area contributed by atoms with Crippen molar-refractivity contribution in [3.8, 4) is 0 Å². The van der Waals surface area contributed by atoms with E-state index in [4.69, 9.17) is 11.6 Å². The van der Waals surface area contributed by atoms with Gasteiger partial charge in [-0.05, 0) is 56.8 Å². The first-order valence-corrected chi connectivity index (χ1v) is 6.67. The number of nitrogens with zero attached hydrogens (tertiary/aromatic N) is 3. The van der Waals surface area contributed by atoms with Gasteiger partial charge in [0, 0.05) is 6.20 Å². The van der Waals surface area contributed by atoms with Crippen molar-refractivity contribution >= 4 is 56.8 Å². The van der Waals surface area contributed by atoms with Crippen molar-refractivity contribution < 1.29 is 0 Å². The average molecular weight is 445 g/mol. The van der Waals surface area contributed by atoms with Crippen molar-refractivity contribution in [3.05, 3.63) is 42.8 Å². The standard InChI is InChI=1S/C9H6ClI2N3/c10-7-2-1-6(3-13-7)4-15-5-14-8(11)9(15)12/h1-3,5H,4H2. The Morgan fingerprint density at radius 2 is 2.07 bits per heavy atom. The summed E-state index contributed by atoms with van der Waals surface area (Å²) in [5.74, 6) is 0. The number of pyridine rings is 1. The van der Waals surface area contributed by atoms with Crippen molar-refractivity contribution in [2.75, 3.05) is 0 Å². The summed E-state index contributed by atoms with van der Waals surface area (Å²) in [5, 5.41) is 0.522. The highest BCUT2D eigenvalue weighted by Crippen LogP contribution is 2.15. The molecule has 0 fully saturated rings. The van der Waals surface area contributed by atoms with Crippen LogP contribution in [0, 0.1) is 7.40 Å². The van der Waals surface area contributed by atoms with E-state index in [1.807, 2.05) is 12.4 Å². The maximum atomic E-state index is 5.72. The lowest BCUT2D eigenvalue weighted by atomic mass is 10.3. The van der Waals surface area contributed by atoms with Gasteiger partial charge in [-0.2, -0.15) is 0 Å². The van der Waals surface area contributed by atoms with Crippen LogP contribution in [0.4, 0.5) is 0 Å². The summed E-state index contributed by atoms with van der Waals surface area (Å²) in [7, 11) is 0. The molecule has 0 spiro atoms. The molecule has 2 rings (SSSR count). The fraction of sp³-hybridized carbons (Fsp3) is 0.111. The van der Waals surface area contributed by atoms with Crippen molar-refractivity contribution in [2.24, 2.45) is 0 Å². The molecule has 0 aliphatic heterocycles. The number of imidazole rings is 1. The third-order valence-electron chi connectivity index (χ3n) is 1.87. The number of hydrogen-bond donors (Lipinski definition) is 0. The summed E-state index contributed by atoms with van der Waals surface area (Å²) in [6, 6.07) is 3.77. The zero-order chi connectivity index (χ0) is 10.8. The normalized spacial score (nSPS) is 10.6. The molecular weight excluding hydrogens is 439 g/mol. The molecule has 0 saturated heterocycles. The van der Waals surface area contributed by atoms with Crippen LogP contribution >= 0.6 is 56.8 Å². The van der Waals surface area contributed by atoms with Gasteiger partial charge >= 0.3 is 0 Å². The smallest absolute Gasteiger partial charge is 0.132 e. The minimum Gasteiger partial charge on any atom is -0.321 e. The first-order chi connectivity index (χ1) is 7.16. The molecule has 0 aromatic carbocycles. The minimum atomic E-state index is 0.522. The van der Waals surface area contributed by atoms with Crippen LogP contribution in [0.1, 0.15) is 5.56 Å². The fourth-order valence-corrected chi connectivity index (χ4v) is 2.13. The molecule has 0 amide bonds. The average Bonchev–Trinajstić information content (AvgIpc) is 2.53. The largest absolute Gasteiger partial charge is 0.321 e. The van der Waals surface area contributed by atoms with Gasteiger partial charge in [-0.3, -0.25) is 0 Å². The maximum absolute atomic E-state index is 5.72. The molecule has 0 aliphatic carbocycles. The molecule has 0 radical (unpaired) electrons. The third-order valence-corrected chi connectivity index (χ3v) is 5.05. The Labute approximate surface area is 120 Å². The number of aromatic nitrogens is 3. The van der Waals surface area contributed by atoms with Crippen molar-refractivity contribution in [1.29, 1.82) is 0 Å². The van der Waals surface area contributed by atoms with Crippen LogP contribution in [0.15, 0.2) is 24.7 Å². The first-order valence-electron chi connectivity index (χ1n) is 4.13.